The molecular weight excluding hydrogens is 232 g/mol. The first-order chi connectivity index (χ1) is 8.16. The summed E-state index contributed by atoms with van der Waals surface area (Å²) in [6.45, 7) is 2.00. The fourth-order valence-electron chi connectivity index (χ4n) is 1.56. The van der Waals surface area contributed by atoms with Crippen molar-refractivity contribution < 1.29 is 9.90 Å². The van der Waals surface area contributed by atoms with Crippen LogP contribution in [0.1, 0.15) is 16.0 Å². The van der Waals surface area contributed by atoms with Crippen molar-refractivity contribution in [3.05, 3.63) is 57.8 Å². The van der Waals surface area contributed by atoms with Crippen molar-refractivity contribution in [3.8, 4) is 0 Å². The van der Waals surface area contributed by atoms with Crippen molar-refractivity contribution in [2.75, 3.05) is 0 Å². The van der Waals surface area contributed by atoms with Gasteiger partial charge in [0.1, 0.15) is 0 Å². The molecule has 0 unspecified atom stereocenters. The van der Waals surface area contributed by atoms with Crippen LogP contribution >= 0.6 is 11.3 Å². The number of thiophene rings is 1. The minimum atomic E-state index is -0.901. The van der Waals surface area contributed by atoms with Crippen LogP contribution in [0.15, 0.2) is 41.8 Å². The molecule has 1 heterocycles. The topological polar surface area (TPSA) is 37.3 Å². The lowest BCUT2D eigenvalue weighted by Gasteiger charge is -2.01. The highest BCUT2D eigenvalue weighted by Gasteiger charge is 2.10. The first-order valence-corrected chi connectivity index (χ1v) is 6.10. The smallest absolute Gasteiger partial charge is 0.336 e. The lowest BCUT2D eigenvalue weighted by Crippen LogP contribution is -1.98. The van der Waals surface area contributed by atoms with Crippen LogP contribution in [-0.2, 0) is 4.79 Å². The summed E-state index contributed by atoms with van der Waals surface area (Å²) in [6, 6.07) is 11.1. The molecule has 2 nitrogen and oxygen atoms in total. The number of aliphatic carboxylic acids is 1. The van der Waals surface area contributed by atoms with Crippen LogP contribution in [-0.4, -0.2) is 11.1 Å². The van der Waals surface area contributed by atoms with Gasteiger partial charge >= 0.3 is 5.97 Å². The maximum absolute atomic E-state index is 11.2. The van der Waals surface area contributed by atoms with E-state index in [1.165, 1.54) is 0 Å². The van der Waals surface area contributed by atoms with Crippen LogP contribution < -0.4 is 0 Å². The largest absolute Gasteiger partial charge is 0.478 e. The van der Waals surface area contributed by atoms with Crippen molar-refractivity contribution in [1.29, 1.82) is 0 Å². The summed E-state index contributed by atoms with van der Waals surface area (Å²) in [7, 11) is 0. The normalized spacial score (nSPS) is 11.5. The van der Waals surface area contributed by atoms with Gasteiger partial charge < -0.3 is 5.11 Å². The van der Waals surface area contributed by atoms with Crippen molar-refractivity contribution >= 4 is 29.0 Å². The first kappa shape index (κ1) is 11.6. The number of rotatable bonds is 3. The fraction of sp³-hybridized carbons (Fsp3) is 0.0714. The van der Waals surface area contributed by atoms with Gasteiger partial charge in [0.25, 0.3) is 0 Å². The lowest BCUT2D eigenvalue weighted by molar-refractivity contribution is -0.130. The second-order valence-electron chi connectivity index (χ2n) is 3.76. The maximum atomic E-state index is 11.2. The summed E-state index contributed by atoms with van der Waals surface area (Å²) in [6.07, 6.45) is 1.72. The standard InChI is InChI=1S/C14H12O2S/c1-10-7-12(17-9-10)8-13(14(15)16)11-5-3-2-4-6-11/h2-9H,1H3,(H,15,16). The van der Waals surface area contributed by atoms with Gasteiger partial charge in [-0.2, -0.15) is 0 Å². The third kappa shape index (κ3) is 2.82. The predicted octanol–water partition coefficient (Wildman–Crippen LogP) is 3.68. The molecule has 3 heteroatoms. The van der Waals surface area contributed by atoms with Crippen molar-refractivity contribution in [2.45, 2.75) is 6.92 Å². The molecule has 0 aliphatic carbocycles. The SMILES string of the molecule is Cc1csc(C=C(C(=O)O)c2ccccc2)c1. The molecule has 17 heavy (non-hydrogen) atoms. The van der Waals surface area contributed by atoms with Gasteiger partial charge in [0.2, 0.25) is 0 Å². The second kappa shape index (κ2) is 4.97. The highest BCUT2D eigenvalue weighted by molar-refractivity contribution is 7.11. The number of aryl methyl sites for hydroxylation is 1. The monoisotopic (exact) mass is 244 g/mol. The van der Waals surface area contributed by atoms with Gasteiger partial charge in [-0.25, -0.2) is 4.79 Å². The Kier molecular flexibility index (Phi) is 3.40. The Labute approximate surface area is 104 Å². The molecule has 2 rings (SSSR count). The predicted molar refractivity (Wildman–Crippen MR) is 71.0 cm³/mol. The highest BCUT2D eigenvalue weighted by Crippen LogP contribution is 2.22. The quantitative estimate of drug-likeness (QED) is 0.836. The van der Waals surface area contributed by atoms with Gasteiger partial charge in [0, 0.05) is 4.88 Å². The van der Waals surface area contributed by atoms with E-state index >= 15 is 0 Å². The Morgan fingerprint density at radius 1 is 1.29 bits per heavy atom. The third-order valence-electron chi connectivity index (χ3n) is 2.35. The van der Waals surface area contributed by atoms with E-state index in [0.29, 0.717) is 5.57 Å². The zero-order valence-corrected chi connectivity index (χ0v) is 10.2. The van der Waals surface area contributed by atoms with E-state index in [9.17, 15) is 9.90 Å². The Morgan fingerprint density at radius 3 is 2.53 bits per heavy atom. The van der Waals surface area contributed by atoms with Crippen molar-refractivity contribution in [3.63, 3.8) is 0 Å². The molecule has 0 saturated heterocycles. The van der Waals surface area contributed by atoms with Gasteiger partial charge in [0.05, 0.1) is 5.57 Å². The zero-order valence-electron chi connectivity index (χ0n) is 9.38. The molecule has 1 aromatic carbocycles. The van der Waals surface area contributed by atoms with Gasteiger partial charge in [-0.05, 0) is 35.6 Å². The highest BCUT2D eigenvalue weighted by atomic mass is 32.1. The van der Waals surface area contributed by atoms with Crippen LogP contribution in [0, 0.1) is 6.92 Å². The number of benzene rings is 1. The average molecular weight is 244 g/mol. The third-order valence-corrected chi connectivity index (χ3v) is 3.35. The number of carbonyl (C=O) groups is 1. The van der Waals surface area contributed by atoms with Crippen molar-refractivity contribution in [1.82, 2.24) is 0 Å². The number of hydrogen-bond acceptors (Lipinski definition) is 2. The zero-order chi connectivity index (χ0) is 12.3. The summed E-state index contributed by atoms with van der Waals surface area (Å²) in [5.74, 6) is -0.901. The van der Waals surface area contributed by atoms with E-state index in [1.54, 1.807) is 29.5 Å². The van der Waals surface area contributed by atoms with E-state index in [2.05, 4.69) is 0 Å². The first-order valence-electron chi connectivity index (χ1n) is 5.22. The maximum Gasteiger partial charge on any atom is 0.336 e. The molecule has 0 radical (unpaired) electrons. The molecule has 1 aromatic heterocycles. The molecule has 0 bridgehead atoms. The van der Waals surface area contributed by atoms with E-state index in [1.807, 2.05) is 36.6 Å². The van der Waals surface area contributed by atoms with E-state index in [-0.39, 0.29) is 0 Å². The van der Waals surface area contributed by atoms with Crippen LogP contribution in [0.25, 0.3) is 11.6 Å². The Balaban J connectivity index is 2.43. The molecular formula is C14H12O2S. The van der Waals surface area contributed by atoms with Crippen LogP contribution in [0.2, 0.25) is 0 Å². The Bertz CT molecular complexity index is 553. The molecule has 0 spiro atoms. The van der Waals surface area contributed by atoms with E-state index < -0.39 is 5.97 Å². The minimum Gasteiger partial charge on any atom is -0.478 e. The molecule has 1 N–H and O–H groups in total. The summed E-state index contributed by atoms with van der Waals surface area (Å²) in [5, 5.41) is 11.2. The molecule has 0 aliphatic heterocycles. The van der Waals surface area contributed by atoms with Gasteiger partial charge in [-0.1, -0.05) is 30.3 Å². The van der Waals surface area contributed by atoms with Crippen LogP contribution in [0.3, 0.4) is 0 Å². The lowest BCUT2D eigenvalue weighted by atomic mass is 10.1. The van der Waals surface area contributed by atoms with E-state index in [4.69, 9.17) is 0 Å². The Hall–Kier alpha value is -1.87. The van der Waals surface area contributed by atoms with Crippen molar-refractivity contribution in [2.24, 2.45) is 0 Å². The van der Waals surface area contributed by atoms with Crippen LogP contribution in [0.5, 0.6) is 0 Å². The average Bonchev–Trinajstić information content (AvgIpc) is 2.73. The summed E-state index contributed by atoms with van der Waals surface area (Å²) >= 11 is 1.55. The minimum absolute atomic E-state index is 0.326. The molecule has 0 aliphatic rings. The second-order valence-corrected chi connectivity index (χ2v) is 4.70. The Morgan fingerprint density at radius 2 is 2.00 bits per heavy atom. The van der Waals surface area contributed by atoms with Gasteiger partial charge in [-0.3, -0.25) is 0 Å². The molecule has 0 fully saturated rings. The summed E-state index contributed by atoms with van der Waals surface area (Å²) in [5.41, 5.74) is 2.21. The summed E-state index contributed by atoms with van der Waals surface area (Å²) < 4.78 is 0. The molecule has 0 saturated carbocycles. The number of carboxylic acids is 1. The molecule has 0 amide bonds. The summed E-state index contributed by atoms with van der Waals surface area (Å²) in [4.78, 5) is 12.2. The van der Waals surface area contributed by atoms with Gasteiger partial charge in [0.15, 0.2) is 0 Å². The van der Waals surface area contributed by atoms with Gasteiger partial charge in [-0.15, -0.1) is 11.3 Å². The molecule has 0 atom stereocenters. The molecule has 86 valence electrons. The number of hydrogen-bond donors (Lipinski definition) is 1. The van der Waals surface area contributed by atoms with Crippen LogP contribution in [0.4, 0.5) is 0 Å². The number of carboxylic acid groups (broad SMARTS) is 1. The molecule has 2 aromatic rings. The van der Waals surface area contributed by atoms with E-state index in [0.717, 1.165) is 16.0 Å². The fourth-order valence-corrected chi connectivity index (χ4v) is 2.39.